The Hall–Kier alpha value is -2.84. The van der Waals surface area contributed by atoms with E-state index in [1.54, 1.807) is 0 Å². The first kappa shape index (κ1) is 21.7. The Balaban J connectivity index is 1.64. The number of hydrogen-bond acceptors (Lipinski definition) is 2. The van der Waals surface area contributed by atoms with E-state index in [1.165, 1.54) is 64.4 Å². The van der Waals surface area contributed by atoms with Gasteiger partial charge in [0, 0.05) is 26.9 Å². The van der Waals surface area contributed by atoms with Crippen molar-refractivity contribution >= 4 is 44.1 Å². The summed E-state index contributed by atoms with van der Waals surface area (Å²) in [5, 5.41) is 7.93. The van der Waals surface area contributed by atoms with Crippen molar-refractivity contribution in [2.45, 2.75) is 63.2 Å². The van der Waals surface area contributed by atoms with Gasteiger partial charge in [0.25, 0.3) is 0 Å². The van der Waals surface area contributed by atoms with Crippen molar-refractivity contribution in [2.24, 2.45) is 5.92 Å². The standard InChI is InChI=1S/C32H31NS/c1-18(2)13-20-7-10-24-19(3)31-27(15-22(24)14-20)30-29-25(11-12-33-30)26-17-23(32(4,5)6)9-8-21(26)16-28(29)34-31/h7-12,14-18H,13H2,1-6H3. The molecule has 1 nitrogen and oxygen atoms in total. The van der Waals surface area contributed by atoms with Crippen LogP contribution < -0.4 is 0 Å². The highest BCUT2D eigenvalue weighted by atomic mass is 32.2. The fourth-order valence-electron chi connectivity index (χ4n) is 5.45. The fraction of sp³-hybridized carbons (Fsp3) is 0.281. The number of rotatable bonds is 2. The van der Waals surface area contributed by atoms with E-state index in [-0.39, 0.29) is 5.41 Å². The normalized spacial score (nSPS) is 13.3. The fourth-order valence-corrected chi connectivity index (χ4v) is 6.69. The second-order valence-corrected chi connectivity index (χ2v) is 12.3. The van der Waals surface area contributed by atoms with E-state index in [2.05, 4.69) is 96.1 Å². The zero-order chi connectivity index (χ0) is 23.8. The molecule has 0 saturated heterocycles. The number of nitrogens with zero attached hydrogens (tertiary/aromatic N) is 1. The predicted molar refractivity (Wildman–Crippen MR) is 148 cm³/mol. The van der Waals surface area contributed by atoms with Gasteiger partial charge in [0.05, 0.1) is 5.69 Å². The average Bonchev–Trinajstić information content (AvgIpc) is 2.79. The van der Waals surface area contributed by atoms with Gasteiger partial charge in [0.15, 0.2) is 0 Å². The summed E-state index contributed by atoms with van der Waals surface area (Å²) in [5.41, 5.74) is 6.68. The maximum Gasteiger partial charge on any atom is 0.0803 e. The molecule has 1 aliphatic rings. The molecule has 0 bridgehead atoms. The molecular weight excluding hydrogens is 430 g/mol. The molecule has 0 unspecified atom stereocenters. The Morgan fingerprint density at radius 1 is 0.853 bits per heavy atom. The lowest BCUT2D eigenvalue weighted by atomic mass is 9.85. The Morgan fingerprint density at radius 2 is 1.68 bits per heavy atom. The Kier molecular flexibility index (Phi) is 4.83. The van der Waals surface area contributed by atoms with Gasteiger partial charge in [0.1, 0.15) is 0 Å². The van der Waals surface area contributed by atoms with Gasteiger partial charge in [-0.3, -0.25) is 4.98 Å². The van der Waals surface area contributed by atoms with E-state index in [9.17, 15) is 0 Å². The van der Waals surface area contributed by atoms with Crippen LogP contribution in [-0.4, -0.2) is 4.98 Å². The monoisotopic (exact) mass is 461 g/mol. The molecule has 2 heterocycles. The third-order valence-electron chi connectivity index (χ3n) is 7.21. The van der Waals surface area contributed by atoms with Crippen LogP contribution in [0.25, 0.3) is 43.6 Å². The molecule has 0 radical (unpaired) electrons. The zero-order valence-electron chi connectivity index (χ0n) is 20.9. The van der Waals surface area contributed by atoms with Crippen LogP contribution in [0.4, 0.5) is 0 Å². The van der Waals surface area contributed by atoms with Gasteiger partial charge in [-0.25, -0.2) is 0 Å². The van der Waals surface area contributed by atoms with E-state index < -0.39 is 0 Å². The van der Waals surface area contributed by atoms with Gasteiger partial charge in [-0.1, -0.05) is 76.7 Å². The number of pyridine rings is 1. The van der Waals surface area contributed by atoms with Crippen LogP contribution >= 0.6 is 11.8 Å². The number of benzene rings is 4. The minimum absolute atomic E-state index is 0.122. The molecule has 4 aromatic carbocycles. The zero-order valence-corrected chi connectivity index (χ0v) is 21.7. The number of hydrogen-bond donors (Lipinski definition) is 0. The molecule has 0 saturated carbocycles. The molecule has 0 atom stereocenters. The maximum atomic E-state index is 4.96. The minimum atomic E-state index is 0.122. The first-order valence-electron chi connectivity index (χ1n) is 12.3. The lowest BCUT2D eigenvalue weighted by molar-refractivity contribution is 0.591. The largest absolute Gasteiger partial charge is 0.256 e. The van der Waals surface area contributed by atoms with Crippen molar-refractivity contribution in [3.63, 3.8) is 0 Å². The van der Waals surface area contributed by atoms with Gasteiger partial charge in [-0.05, 0) is 92.6 Å². The second kappa shape index (κ2) is 7.58. The van der Waals surface area contributed by atoms with Gasteiger partial charge in [-0.2, -0.15) is 0 Å². The van der Waals surface area contributed by atoms with Crippen molar-refractivity contribution in [3.05, 3.63) is 77.5 Å². The summed E-state index contributed by atoms with van der Waals surface area (Å²) in [6, 6.07) is 21.0. The summed E-state index contributed by atoms with van der Waals surface area (Å²) in [5.74, 6) is 0.653. The summed E-state index contributed by atoms with van der Waals surface area (Å²) in [7, 11) is 0. The number of aryl methyl sites for hydroxylation is 1. The smallest absolute Gasteiger partial charge is 0.0803 e. The maximum absolute atomic E-state index is 4.96. The first-order valence-corrected chi connectivity index (χ1v) is 13.1. The van der Waals surface area contributed by atoms with Crippen LogP contribution in [0.2, 0.25) is 0 Å². The molecule has 1 aromatic heterocycles. The van der Waals surface area contributed by atoms with E-state index in [1.807, 2.05) is 18.0 Å². The van der Waals surface area contributed by atoms with Crippen LogP contribution in [0, 0.1) is 12.8 Å². The van der Waals surface area contributed by atoms with Crippen LogP contribution in [0.3, 0.4) is 0 Å². The van der Waals surface area contributed by atoms with Crippen molar-refractivity contribution < 1.29 is 0 Å². The minimum Gasteiger partial charge on any atom is -0.256 e. The molecule has 5 aromatic rings. The van der Waals surface area contributed by atoms with E-state index in [0.29, 0.717) is 5.92 Å². The van der Waals surface area contributed by atoms with Gasteiger partial charge < -0.3 is 0 Å². The van der Waals surface area contributed by atoms with Crippen molar-refractivity contribution in [2.75, 3.05) is 0 Å². The first-order chi connectivity index (χ1) is 16.2. The molecule has 1 aliphatic heterocycles. The summed E-state index contributed by atoms with van der Waals surface area (Å²) in [6.07, 6.45) is 3.11. The molecule has 170 valence electrons. The number of aromatic nitrogens is 1. The third kappa shape index (κ3) is 3.34. The highest BCUT2D eigenvalue weighted by molar-refractivity contribution is 8.00. The SMILES string of the molecule is Cc1c2c(cc3cc(CC(C)C)ccc13)-c1nccc3c1c(cc1ccc(C(C)(C)C)cc13)S2. The Morgan fingerprint density at radius 3 is 2.44 bits per heavy atom. The van der Waals surface area contributed by atoms with E-state index in [0.717, 1.165) is 12.1 Å². The number of fused-ring (bicyclic) bond motifs is 5. The molecule has 0 aliphatic carbocycles. The summed E-state index contributed by atoms with van der Waals surface area (Å²) >= 11 is 1.92. The summed E-state index contributed by atoms with van der Waals surface area (Å²) in [6.45, 7) is 13.7. The summed E-state index contributed by atoms with van der Waals surface area (Å²) in [4.78, 5) is 7.63. The van der Waals surface area contributed by atoms with Gasteiger partial charge >= 0.3 is 0 Å². The molecule has 34 heavy (non-hydrogen) atoms. The molecule has 0 fully saturated rings. The average molecular weight is 462 g/mol. The Labute approximate surface area is 206 Å². The van der Waals surface area contributed by atoms with Crippen LogP contribution in [-0.2, 0) is 11.8 Å². The van der Waals surface area contributed by atoms with Crippen molar-refractivity contribution in [1.29, 1.82) is 0 Å². The molecule has 2 heteroatoms. The lowest BCUT2D eigenvalue weighted by Gasteiger charge is -2.24. The summed E-state index contributed by atoms with van der Waals surface area (Å²) < 4.78 is 0. The van der Waals surface area contributed by atoms with E-state index in [4.69, 9.17) is 4.98 Å². The lowest BCUT2D eigenvalue weighted by Crippen LogP contribution is -2.10. The van der Waals surface area contributed by atoms with Crippen LogP contribution in [0.5, 0.6) is 0 Å². The van der Waals surface area contributed by atoms with Crippen LogP contribution in [0.15, 0.2) is 70.6 Å². The quantitative estimate of drug-likeness (QED) is 0.238. The molecule has 0 spiro atoms. The van der Waals surface area contributed by atoms with Gasteiger partial charge in [-0.15, -0.1) is 0 Å². The van der Waals surface area contributed by atoms with Crippen LogP contribution in [0.1, 0.15) is 51.3 Å². The molecule has 0 amide bonds. The topological polar surface area (TPSA) is 12.9 Å². The van der Waals surface area contributed by atoms with Crippen molar-refractivity contribution in [1.82, 2.24) is 4.98 Å². The second-order valence-electron chi connectivity index (χ2n) is 11.3. The molecular formula is C32H31NS. The predicted octanol–water partition coefficient (Wildman–Crippen LogP) is 9.48. The molecule has 6 rings (SSSR count). The Bertz CT molecular complexity index is 1620. The van der Waals surface area contributed by atoms with Crippen molar-refractivity contribution in [3.8, 4) is 11.3 Å². The molecule has 0 N–H and O–H groups in total. The highest BCUT2D eigenvalue weighted by Gasteiger charge is 2.25. The van der Waals surface area contributed by atoms with Gasteiger partial charge in [0.2, 0.25) is 0 Å². The highest BCUT2D eigenvalue weighted by Crippen LogP contribution is 2.51. The van der Waals surface area contributed by atoms with E-state index >= 15 is 0 Å². The third-order valence-corrected chi connectivity index (χ3v) is 8.48.